The molecule has 25 heavy (non-hydrogen) atoms. The maximum atomic E-state index is 13.6. The maximum Gasteiger partial charge on any atom is 0.252 e. The van der Waals surface area contributed by atoms with Crippen molar-refractivity contribution in [3.05, 3.63) is 29.8 Å². The highest BCUT2D eigenvalue weighted by atomic mass is 19.3. The Bertz CT molecular complexity index is 591. The molecule has 1 aliphatic heterocycles. The Morgan fingerprint density at radius 3 is 2.56 bits per heavy atom. The number of halogens is 2. The van der Waals surface area contributed by atoms with E-state index in [1.54, 1.807) is 12.0 Å². The molecule has 138 valence electrons. The minimum absolute atomic E-state index is 0.306. The van der Waals surface area contributed by atoms with Crippen LogP contribution in [0.2, 0.25) is 0 Å². The molecule has 1 saturated heterocycles. The largest absolute Gasteiger partial charge is 0.497 e. The summed E-state index contributed by atoms with van der Waals surface area (Å²) in [5, 5.41) is 0. The van der Waals surface area contributed by atoms with E-state index in [0.717, 1.165) is 37.9 Å². The van der Waals surface area contributed by atoms with E-state index in [2.05, 4.69) is 6.07 Å². The number of benzene rings is 1. The molecular weight excluding hydrogens is 324 g/mol. The summed E-state index contributed by atoms with van der Waals surface area (Å²) in [6.45, 7) is 1.20. The Morgan fingerprint density at radius 2 is 1.96 bits per heavy atom. The molecule has 2 aliphatic rings. The normalized spacial score (nSPS) is 20.9. The van der Waals surface area contributed by atoms with E-state index in [1.165, 1.54) is 5.56 Å². The van der Waals surface area contributed by atoms with Crippen LogP contribution in [0.15, 0.2) is 24.3 Å². The molecule has 0 unspecified atom stereocenters. The highest BCUT2D eigenvalue weighted by molar-refractivity contribution is 5.83. The van der Waals surface area contributed by atoms with Gasteiger partial charge in [0.2, 0.25) is 5.91 Å². The highest BCUT2D eigenvalue weighted by Gasteiger charge is 2.51. The number of piperidine rings is 1. The van der Waals surface area contributed by atoms with Gasteiger partial charge in [-0.25, -0.2) is 8.78 Å². The van der Waals surface area contributed by atoms with Crippen molar-refractivity contribution in [1.82, 2.24) is 4.90 Å². The number of rotatable bonds is 5. The van der Waals surface area contributed by atoms with Crippen LogP contribution in [0.5, 0.6) is 5.75 Å². The lowest BCUT2D eigenvalue weighted by Gasteiger charge is -2.38. The number of hydrogen-bond donors (Lipinski definition) is 0. The van der Waals surface area contributed by atoms with Crippen molar-refractivity contribution in [3.63, 3.8) is 0 Å². The summed E-state index contributed by atoms with van der Waals surface area (Å²) in [6.07, 6.45) is 2.31. The van der Waals surface area contributed by atoms with Gasteiger partial charge in [-0.3, -0.25) is 4.79 Å². The number of alkyl halides is 2. The summed E-state index contributed by atoms with van der Waals surface area (Å²) < 4.78 is 32.4. The monoisotopic (exact) mass is 351 g/mol. The van der Waals surface area contributed by atoms with Crippen molar-refractivity contribution in [3.8, 4) is 5.75 Å². The third-order valence-electron chi connectivity index (χ3n) is 5.90. The smallest absolute Gasteiger partial charge is 0.252 e. The minimum Gasteiger partial charge on any atom is -0.497 e. The average molecular weight is 351 g/mol. The van der Waals surface area contributed by atoms with Crippen molar-refractivity contribution < 1.29 is 18.3 Å². The van der Waals surface area contributed by atoms with Crippen molar-refractivity contribution in [2.75, 3.05) is 20.2 Å². The molecule has 1 aliphatic carbocycles. The van der Waals surface area contributed by atoms with E-state index < -0.39 is 11.8 Å². The van der Waals surface area contributed by atoms with Crippen LogP contribution in [0.1, 0.15) is 44.1 Å². The molecule has 1 heterocycles. The zero-order chi connectivity index (χ0) is 17.9. The Hall–Kier alpha value is -1.65. The van der Waals surface area contributed by atoms with Crippen molar-refractivity contribution >= 4 is 5.91 Å². The van der Waals surface area contributed by atoms with Crippen LogP contribution in [0.25, 0.3) is 0 Å². The molecule has 0 aromatic heterocycles. The molecule has 1 aromatic rings. The number of nitrogens with zero attached hydrogens (tertiary/aromatic N) is 1. The Morgan fingerprint density at radius 1 is 1.28 bits per heavy atom. The molecule has 3 nitrogen and oxygen atoms in total. The van der Waals surface area contributed by atoms with Crippen LogP contribution in [0, 0.1) is 11.3 Å². The van der Waals surface area contributed by atoms with Gasteiger partial charge in [0.25, 0.3) is 6.43 Å². The standard InChI is InChI=1S/C20H27F2NO2/c1-25-17-6-4-5-16(14-17)13-15-7-11-23(12-8-15)19(24)20(18(21)22)9-2-3-10-20/h4-6,14-15,18H,2-3,7-13H2,1H3. The molecule has 1 amide bonds. The second-order valence-corrected chi connectivity index (χ2v) is 7.46. The third kappa shape index (κ3) is 3.80. The van der Waals surface area contributed by atoms with Crippen LogP contribution in [-0.4, -0.2) is 37.4 Å². The predicted molar refractivity (Wildman–Crippen MR) is 92.9 cm³/mol. The molecule has 2 fully saturated rings. The van der Waals surface area contributed by atoms with E-state index in [9.17, 15) is 13.6 Å². The van der Waals surface area contributed by atoms with Gasteiger partial charge < -0.3 is 9.64 Å². The number of hydrogen-bond acceptors (Lipinski definition) is 2. The molecule has 0 spiro atoms. The van der Waals surface area contributed by atoms with Crippen molar-refractivity contribution in [1.29, 1.82) is 0 Å². The van der Waals surface area contributed by atoms with E-state index in [1.807, 2.05) is 18.2 Å². The molecule has 1 aromatic carbocycles. The summed E-state index contributed by atoms with van der Waals surface area (Å²) in [5.41, 5.74) is -0.177. The van der Waals surface area contributed by atoms with Crippen LogP contribution in [0.4, 0.5) is 8.78 Å². The summed E-state index contributed by atoms with van der Waals surface area (Å²) >= 11 is 0. The van der Waals surface area contributed by atoms with Crippen LogP contribution < -0.4 is 4.74 Å². The lowest BCUT2D eigenvalue weighted by molar-refractivity contribution is -0.153. The van der Waals surface area contributed by atoms with Gasteiger partial charge in [-0.05, 0) is 55.7 Å². The zero-order valence-corrected chi connectivity index (χ0v) is 14.8. The van der Waals surface area contributed by atoms with Gasteiger partial charge in [-0.15, -0.1) is 0 Å². The SMILES string of the molecule is COc1cccc(CC2CCN(C(=O)C3(C(F)F)CCCC3)CC2)c1. The number of methoxy groups -OCH3 is 1. The van der Waals surface area contributed by atoms with Gasteiger partial charge in [0.15, 0.2) is 0 Å². The zero-order valence-electron chi connectivity index (χ0n) is 14.8. The van der Waals surface area contributed by atoms with E-state index in [-0.39, 0.29) is 5.91 Å². The third-order valence-corrected chi connectivity index (χ3v) is 5.90. The van der Waals surface area contributed by atoms with Crippen molar-refractivity contribution in [2.24, 2.45) is 11.3 Å². The molecule has 0 bridgehead atoms. The number of ether oxygens (including phenoxy) is 1. The first-order valence-electron chi connectivity index (χ1n) is 9.25. The van der Waals surface area contributed by atoms with Gasteiger partial charge in [-0.1, -0.05) is 25.0 Å². The fraction of sp³-hybridized carbons (Fsp3) is 0.650. The molecule has 0 N–H and O–H groups in total. The van der Waals surface area contributed by atoms with Crippen LogP contribution >= 0.6 is 0 Å². The Kier molecular flexibility index (Phi) is 5.60. The lowest BCUT2D eigenvalue weighted by atomic mass is 9.83. The molecule has 0 atom stereocenters. The quantitative estimate of drug-likeness (QED) is 0.791. The van der Waals surface area contributed by atoms with Gasteiger partial charge in [0.1, 0.15) is 11.2 Å². The first-order chi connectivity index (χ1) is 12.0. The molecule has 3 rings (SSSR count). The summed E-state index contributed by atoms with van der Waals surface area (Å²) in [5.74, 6) is 1.03. The second-order valence-electron chi connectivity index (χ2n) is 7.46. The fourth-order valence-electron chi connectivity index (χ4n) is 4.32. The van der Waals surface area contributed by atoms with Crippen molar-refractivity contribution in [2.45, 2.75) is 51.4 Å². The second kappa shape index (κ2) is 7.71. The highest BCUT2D eigenvalue weighted by Crippen LogP contribution is 2.45. The van der Waals surface area contributed by atoms with Gasteiger partial charge in [-0.2, -0.15) is 0 Å². The number of likely N-dealkylation sites (tertiary alicyclic amines) is 1. The average Bonchev–Trinajstić information content (AvgIpc) is 3.13. The first-order valence-corrected chi connectivity index (χ1v) is 9.25. The molecular formula is C20H27F2NO2. The first kappa shape index (κ1) is 18.2. The lowest BCUT2D eigenvalue weighted by Crippen LogP contribution is -2.49. The summed E-state index contributed by atoms with van der Waals surface area (Å²) in [4.78, 5) is 14.4. The number of carbonyl (C=O) groups excluding carboxylic acids is 1. The molecule has 1 saturated carbocycles. The number of carbonyl (C=O) groups is 1. The van der Waals surface area contributed by atoms with Crippen LogP contribution in [0.3, 0.4) is 0 Å². The summed E-state index contributed by atoms with van der Waals surface area (Å²) in [7, 11) is 1.66. The summed E-state index contributed by atoms with van der Waals surface area (Å²) in [6, 6.07) is 8.04. The molecule has 0 radical (unpaired) electrons. The molecule has 5 heteroatoms. The van der Waals surface area contributed by atoms with E-state index in [4.69, 9.17) is 4.74 Å². The fourth-order valence-corrected chi connectivity index (χ4v) is 4.32. The van der Waals surface area contributed by atoms with Crippen LogP contribution in [-0.2, 0) is 11.2 Å². The van der Waals surface area contributed by atoms with E-state index >= 15 is 0 Å². The maximum absolute atomic E-state index is 13.6. The topological polar surface area (TPSA) is 29.5 Å². The number of amides is 1. The van der Waals surface area contributed by atoms with Gasteiger partial charge in [0, 0.05) is 13.1 Å². The minimum atomic E-state index is -2.54. The van der Waals surface area contributed by atoms with Gasteiger partial charge in [0.05, 0.1) is 7.11 Å². The Balaban J connectivity index is 1.57. The Labute approximate surface area is 148 Å². The van der Waals surface area contributed by atoms with Gasteiger partial charge >= 0.3 is 0 Å². The predicted octanol–water partition coefficient (Wildman–Crippen LogP) is 4.30. The van der Waals surface area contributed by atoms with E-state index in [0.29, 0.717) is 31.8 Å².